The summed E-state index contributed by atoms with van der Waals surface area (Å²) in [6, 6.07) is 5.52. The molecule has 0 spiro atoms. The zero-order chi connectivity index (χ0) is 16.7. The Morgan fingerprint density at radius 1 is 1.38 bits per heavy atom. The van der Waals surface area contributed by atoms with E-state index in [0.29, 0.717) is 18.1 Å². The molecule has 1 aliphatic rings. The summed E-state index contributed by atoms with van der Waals surface area (Å²) in [6.07, 6.45) is 4.62. The SMILES string of the molecule is CCCCN1CCCC(COC(=O)c2ccc([N+](=O)[O-])cc2)C1.Cl. The van der Waals surface area contributed by atoms with Crippen LogP contribution < -0.4 is 0 Å². The van der Waals surface area contributed by atoms with Gasteiger partial charge in [0.15, 0.2) is 0 Å². The van der Waals surface area contributed by atoms with Crippen LogP contribution >= 0.6 is 12.4 Å². The summed E-state index contributed by atoms with van der Waals surface area (Å²) < 4.78 is 5.39. The molecule has 1 atom stereocenters. The topological polar surface area (TPSA) is 72.7 Å². The quantitative estimate of drug-likeness (QED) is 0.423. The van der Waals surface area contributed by atoms with Crippen LogP contribution in [0.2, 0.25) is 0 Å². The molecule has 1 aromatic rings. The Hall–Kier alpha value is -1.66. The number of nitrogens with zero attached hydrogens (tertiary/aromatic N) is 2. The molecule has 6 nitrogen and oxygen atoms in total. The number of piperidine rings is 1. The van der Waals surface area contributed by atoms with Crippen molar-refractivity contribution >= 4 is 24.1 Å². The third-order valence-electron chi connectivity index (χ3n) is 4.19. The first kappa shape index (κ1) is 20.4. The molecule has 24 heavy (non-hydrogen) atoms. The van der Waals surface area contributed by atoms with Crippen molar-refractivity contribution in [2.45, 2.75) is 32.6 Å². The standard InChI is InChI=1S/C17H24N2O4.ClH/c1-2-3-10-18-11-4-5-14(12-18)13-23-17(20)15-6-8-16(9-7-15)19(21)22;/h6-9,14H,2-5,10-13H2,1H3;1H. The van der Waals surface area contributed by atoms with Crippen molar-refractivity contribution in [2.75, 3.05) is 26.2 Å². The highest BCUT2D eigenvalue weighted by Crippen LogP contribution is 2.18. The van der Waals surface area contributed by atoms with E-state index >= 15 is 0 Å². The number of benzene rings is 1. The summed E-state index contributed by atoms with van der Waals surface area (Å²) in [5.74, 6) is -0.0341. The number of hydrogen-bond acceptors (Lipinski definition) is 5. The van der Waals surface area contributed by atoms with E-state index in [4.69, 9.17) is 4.74 Å². The van der Waals surface area contributed by atoms with Gasteiger partial charge in [0, 0.05) is 24.6 Å². The van der Waals surface area contributed by atoms with Gasteiger partial charge >= 0.3 is 5.97 Å². The van der Waals surface area contributed by atoms with E-state index in [1.165, 1.54) is 37.1 Å². The second-order valence-electron chi connectivity index (χ2n) is 6.06. The molecule has 134 valence electrons. The maximum atomic E-state index is 12.0. The first-order valence-electron chi connectivity index (χ1n) is 8.24. The Balaban J connectivity index is 0.00000288. The van der Waals surface area contributed by atoms with Crippen LogP contribution in [0, 0.1) is 16.0 Å². The fourth-order valence-electron chi connectivity index (χ4n) is 2.87. The largest absolute Gasteiger partial charge is 0.462 e. The Morgan fingerprint density at radius 2 is 2.08 bits per heavy atom. The molecule has 0 saturated carbocycles. The smallest absolute Gasteiger partial charge is 0.338 e. The Bertz CT molecular complexity index is 536. The minimum Gasteiger partial charge on any atom is -0.462 e. The van der Waals surface area contributed by atoms with E-state index in [1.54, 1.807) is 0 Å². The number of carbonyl (C=O) groups is 1. The van der Waals surface area contributed by atoms with Gasteiger partial charge in [0.05, 0.1) is 17.1 Å². The lowest BCUT2D eigenvalue weighted by atomic mass is 9.99. The number of carbonyl (C=O) groups excluding carboxylic acids is 1. The summed E-state index contributed by atoms with van der Waals surface area (Å²) in [7, 11) is 0. The predicted molar refractivity (Wildman–Crippen MR) is 94.7 cm³/mol. The van der Waals surface area contributed by atoms with Gasteiger partial charge in [0.2, 0.25) is 0 Å². The number of hydrogen-bond donors (Lipinski definition) is 0. The molecule has 0 N–H and O–H groups in total. The van der Waals surface area contributed by atoms with E-state index in [-0.39, 0.29) is 18.1 Å². The molecule has 1 fully saturated rings. The number of unbranched alkanes of at least 4 members (excludes halogenated alkanes) is 1. The number of likely N-dealkylation sites (tertiary alicyclic amines) is 1. The van der Waals surface area contributed by atoms with Gasteiger partial charge in [-0.25, -0.2) is 4.79 Å². The lowest BCUT2D eigenvalue weighted by Crippen LogP contribution is -2.38. The van der Waals surface area contributed by atoms with Gasteiger partial charge in [-0.2, -0.15) is 0 Å². The molecule has 0 aromatic heterocycles. The number of nitro benzene ring substituents is 1. The van der Waals surface area contributed by atoms with Gasteiger partial charge in [0.1, 0.15) is 0 Å². The second kappa shape index (κ2) is 10.3. The maximum absolute atomic E-state index is 12.0. The monoisotopic (exact) mass is 356 g/mol. The molecule has 1 aliphatic heterocycles. The van der Waals surface area contributed by atoms with Crippen LogP contribution in [0.15, 0.2) is 24.3 Å². The lowest BCUT2D eigenvalue weighted by molar-refractivity contribution is -0.384. The Labute approximate surface area is 148 Å². The van der Waals surface area contributed by atoms with E-state index in [0.717, 1.165) is 32.5 Å². The molecule has 0 aliphatic carbocycles. The number of nitro groups is 1. The first-order valence-corrected chi connectivity index (χ1v) is 8.24. The fourth-order valence-corrected chi connectivity index (χ4v) is 2.87. The van der Waals surface area contributed by atoms with Gasteiger partial charge < -0.3 is 9.64 Å². The van der Waals surface area contributed by atoms with Crippen molar-refractivity contribution in [1.82, 2.24) is 4.90 Å². The van der Waals surface area contributed by atoms with Crippen molar-refractivity contribution in [1.29, 1.82) is 0 Å². The zero-order valence-corrected chi connectivity index (χ0v) is 14.8. The molecule has 0 bridgehead atoms. The molecule has 1 heterocycles. The highest BCUT2D eigenvalue weighted by molar-refractivity contribution is 5.89. The minimum atomic E-state index is -0.484. The highest BCUT2D eigenvalue weighted by atomic mass is 35.5. The molecular weight excluding hydrogens is 332 g/mol. The third-order valence-corrected chi connectivity index (χ3v) is 4.19. The molecular formula is C17H25ClN2O4. The molecule has 1 unspecified atom stereocenters. The van der Waals surface area contributed by atoms with Crippen LogP contribution in [0.1, 0.15) is 43.0 Å². The normalized spacial score (nSPS) is 17.8. The molecule has 1 aromatic carbocycles. The molecule has 7 heteroatoms. The van der Waals surface area contributed by atoms with E-state index in [2.05, 4.69) is 11.8 Å². The Morgan fingerprint density at radius 3 is 2.71 bits per heavy atom. The van der Waals surface area contributed by atoms with Gasteiger partial charge in [-0.15, -0.1) is 12.4 Å². The lowest BCUT2D eigenvalue weighted by Gasteiger charge is -2.32. The number of esters is 1. The summed E-state index contributed by atoms with van der Waals surface area (Å²) in [5.41, 5.74) is 0.328. The fraction of sp³-hybridized carbons (Fsp3) is 0.588. The molecule has 0 amide bonds. The van der Waals surface area contributed by atoms with Gasteiger partial charge in [0.25, 0.3) is 5.69 Å². The van der Waals surface area contributed by atoms with Crippen LogP contribution in [0.4, 0.5) is 5.69 Å². The number of non-ortho nitro benzene ring substituents is 1. The number of rotatable bonds is 7. The van der Waals surface area contributed by atoms with E-state index < -0.39 is 10.9 Å². The van der Waals surface area contributed by atoms with Crippen LogP contribution in [-0.4, -0.2) is 42.0 Å². The van der Waals surface area contributed by atoms with Gasteiger partial charge in [-0.3, -0.25) is 10.1 Å². The van der Waals surface area contributed by atoms with Crippen molar-refractivity contribution in [2.24, 2.45) is 5.92 Å². The average molecular weight is 357 g/mol. The van der Waals surface area contributed by atoms with Crippen LogP contribution in [-0.2, 0) is 4.74 Å². The summed E-state index contributed by atoms with van der Waals surface area (Å²) in [4.78, 5) is 24.6. The average Bonchev–Trinajstić information content (AvgIpc) is 2.58. The zero-order valence-electron chi connectivity index (χ0n) is 14.0. The third kappa shape index (κ3) is 6.09. The number of halogens is 1. The van der Waals surface area contributed by atoms with Crippen LogP contribution in [0.25, 0.3) is 0 Å². The van der Waals surface area contributed by atoms with Crippen molar-refractivity contribution in [3.63, 3.8) is 0 Å². The minimum absolute atomic E-state index is 0. The van der Waals surface area contributed by atoms with Crippen molar-refractivity contribution < 1.29 is 14.5 Å². The van der Waals surface area contributed by atoms with Crippen LogP contribution in [0.5, 0.6) is 0 Å². The molecule has 0 radical (unpaired) electrons. The second-order valence-corrected chi connectivity index (χ2v) is 6.06. The van der Waals surface area contributed by atoms with E-state index in [9.17, 15) is 14.9 Å². The highest BCUT2D eigenvalue weighted by Gasteiger charge is 2.21. The van der Waals surface area contributed by atoms with Gasteiger partial charge in [-0.05, 0) is 44.5 Å². The molecule has 2 rings (SSSR count). The summed E-state index contributed by atoms with van der Waals surface area (Å²) in [5, 5.41) is 10.6. The van der Waals surface area contributed by atoms with Crippen molar-refractivity contribution in [3.8, 4) is 0 Å². The molecule has 1 saturated heterocycles. The summed E-state index contributed by atoms with van der Waals surface area (Å²) >= 11 is 0. The maximum Gasteiger partial charge on any atom is 0.338 e. The van der Waals surface area contributed by atoms with Crippen molar-refractivity contribution in [3.05, 3.63) is 39.9 Å². The van der Waals surface area contributed by atoms with Gasteiger partial charge in [-0.1, -0.05) is 13.3 Å². The first-order chi connectivity index (χ1) is 11.1. The predicted octanol–water partition coefficient (Wildman–Crippen LogP) is 3.69. The van der Waals surface area contributed by atoms with E-state index in [1.807, 2.05) is 0 Å². The van der Waals surface area contributed by atoms with Crippen LogP contribution in [0.3, 0.4) is 0 Å². The number of ether oxygens (including phenoxy) is 1. The summed E-state index contributed by atoms with van der Waals surface area (Å²) in [6.45, 7) is 5.83. The Kier molecular flexibility index (Phi) is 8.71.